The fraction of sp³-hybridized carbons (Fsp3) is 0.733. The Hall–Kier alpha value is -0.850. The monoisotopic (exact) mass is 313 g/mol. The van der Waals surface area contributed by atoms with E-state index in [-0.39, 0.29) is 6.04 Å². The van der Waals surface area contributed by atoms with E-state index in [9.17, 15) is 8.42 Å². The lowest BCUT2D eigenvalue weighted by Crippen LogP contribution is -2.41. The zero-order chi connectivity index (χ0) is 15.5. The lowest BCUT2D eigenvalue weighted by atomic mass is 9.95. The van der Waals surface area contributed by atoms with E-state index in [1.165, 1.54) is 6.42 Å². The van der Waals surface area contributed by atoms with E-state index in [0.717, 1.165) is 31.4 Å². The maximum Gasteiger partial charge on any atom is 0.244 e. The Labute approximate surface area is 128 Å². The number of hydrogen-bond acceptors (Lipinski definition) is 3. The molecule has 0 aliphatic heterocycles. The van der Waals surface area contributed by atoms with Crippen LogP contribution >= 0.6 is 0 Å². The summed E-state index contributed by atoms with van der Waals surface area (Å²) >= 11 is 0. The second kappa shape index (κ2) is 6.94. The number of nitrogens with zero attached hydrogens (tertiary/aromatic N) is 2. The Balaban J connectivity index is 2.28. The van der Waals surface area contributed by atoms with Crippen molar-refractivity contribution in [3.63, 3.8) is 0 Å². The molecular weight excluding hydrogens is 286 g/mol. The highest BCUT2D eigenvalue weighted by Gasteiger charge is 2.31. The van der Waals surface area contributed by atoms with Crippen LogP contribution < -0.4 is 5.32 Å². The van der Waals surface area contributed by atoms with Gasteiger partial charge in [0, 0.05) is 38.1 Å². The highest BCUT2D eigenvalue weighted by molar-refractivity contribution is 7.89. The molecule has 0 amide bonds. The minimum atomic E-state index is -3.39. The SMILES string of the molecule is CCN(C1CCCCC1)S(=O)(=O)c1cc(CNC)n(C)c1. The van der Waals surface area contributed by atoms with Gasteiger partial charge in [0.15, 0.2) is 0 Å². The van der Waals surface area contributed by atoms with Crippen LogP contribution in [0.3, 0.4) is 0 Å². The van der Waals surface area contributed by atoms with Crippen LogP contribution in [-0.4, -0.2) is 36.9 Å². The molecule has 0 bridgehead atoms. The average Bonchev–Trinajstić information content (AvgIpc) is 2.83. The van der Waals surface area contributed by atoms with Crippen molar-refractivity contribution in [1.82, 2.24) is 14.2 Å². The summed E-state index contributed by atoms with van der Waals surface area (Å²) in [5.74, 6) is 0. The van der Waals surface area contributed by atoms with Crippen molar-refractivity contribution < 1.29 is 8.42 Å². The van der Waals surface area contributed by atoms with Gasteiger partial charge in [-0.3, -0.25) is 0 Å². The molecule has 1 aromatic heterocycles. The van der Waals surface area contributed by atoms with Gasteiger partial charge < -0.3 is 9.88 Å². The van der Waals surface area contributed by atoms with Crippen molar-refractivity contribution >= 4 is 10.0 Å². The Morgan fingerprint density at radius 1 is 1.33 bits per heavy atom. The maximum absolute atomic E-state index is 12.9. The van der Waals surface area contributed by atoms with Crippen LogP contribution in [0.25, 0.3) is 0 Å². The Morgan fingerprint density at radius 3 is 2.57 bits per heavy atom. The van der Waals surface area contributed by atoms with E-state index in [4.69, 9.17) is 0 Å². The van der Waals surface area contributed by atoms with E-state index in [2.05, 4.69) is 5.32 Å². The number of aromatic nitrogens is 1. The molecule has 0 spiro atoms. The lowest BCUT2D eigenvalue weighted by Gasteiger charge is -2.32. The lowest BCUT2D eigenvalue weighted by molar-refractivity contribution is 0.261. The zero-order valence-electron chi connectivity index (χ0n) is 13.3. The molecule has 6 heteroatoms. The third-order valence-electron chi connectivity index (χ3n) is 4.34. The third kappa shape index (κ3) is 3.49. The second-order valence-electron chi connectivity index (χ2n) is 5.81. The van der Waals surface area contributed by atoms with Gasteiger partial charge in [-0.1, -0.05) is 26.2 Å². The maximum atomic E-state index is 12.9. The van der Waals surface area contributed by atoms with E-state index in [1.54, 1.807) is 16.6 Å². The zero-order valence-corrected chi connectivity index (χ0v) is 14.1. The third-order valence-corrected chi connectivity index (χ3v) is 6.33. The Kier molecular flexibility index (Phi) is 5.46. The first-order valence-electron chi connectivity index (χ1n) is 7.82. The predicted molar refractivity (Wildman–Crippen MR) is 84.6 cm³/mol. The van der Waals surface area contributed by atoms with Crippen LogP contribution in [0.15, 0.2) is 17.2 Å². The van der Waals surface area contributed by atoms with Gasteiger partial charge in [-0.2, -0.15) is 4.31 Å². The summed E-state index contributed by atoms with van der Waals surface area (Å²) in [7, 11) is 0.368. The molecule has 120 valence electrons. The standard InChI is InChI=1S/C15H27N3O2S/c1-4-18(13-8-6-5-7-9-13)21(19,20)15-10-14(11-16-2)17(3)12-15/h10,12-13,16H,4-9,11H2,1-3H3. The number of aryl methyl sites for hydroxylation is 1. The van der Waals surface area contributed by atoms with Crippen molar-refractivity contribution in [2.24, 2.45) is 7.05 Å². The normalized spacial score (nSPS) is 17.5. The fourth-order valence-corrected chi connectivity index (χ4v) is 4.99. The molecule has 1 aliphatic carbocycles. The minimum Gasteiger partial charge on any atom is -0.352 e. The van der Waals surface area contributed by atoms with Crippen molar-refractivity contribution in [3.8, 4) is 0 Å². The van der Waals surface area contributed by atoms with Gasteiger partial charge in [0.1, 0.15) is 4.90 Å². The number of sulfonamides is 1. The smallest absolute Gasteiger partial charge is 0.244 e. The summed E-state index contributed by atoms with van der Waals surface area (Å²) in [6, 6.07) is 1.96. The van der Waals surface area contributed by atoms with Gasteiger partial charge in [0.2, 0.25) is 10.0 Å². The minimum absolute atomic E-state index is 0.168. The second-order valence-corrected chi connectivity index (χ2v) is 7.70. The molecular formula is C15H27N3O2S. The molecule has 1 heterocycles. The quantitative estimate of drug-likeness (QED) is 0.875. The molecule has 1 saturated carbocycles. The molecule has 0 unspecified atom stereocenters. The summed E-state index contributed by atoms with van der Waals surface area (Å²) in [4.78, 5) is 0.419. The van der Waals surface area contributed by atoms with Gasteiger partial charge >= 0.3 is 0 Å². The molecule has 0 atom stereocenters. The van der Waals surface area contributed by atoms with Gasteiger partial charge in [0.05, 0.1) is 0 Å². The van der Waals surface area contributed by atoms with Crippen LogP contribution in [0.5, 0.6) is 0 Å². The number of nitrogens with one attached hydrogen (secondary N) is 1. The number of hydrogen-bond donors (Lipinski definition) is 1. The van der Waals surface area contributed by atoms with Gasteiger partial charge in [-0.05, 0) is 26.0 Å². The molecule has 1 fully saturated rings. The van der Waals surface area contributed by atoms with Gasteiger partial charge in [-0.25, -0.2) is 8.42 Å². The van der Waals surface area contributed by atoms with Crippen LogP contribution in [0.1, 0.15) is 44.7 Å². The van der Waals surface area contributed by atoms with Crippen LogP contribution in [0, 0.1) is 0 Å². The van der Waals surface area contributed by atoms with E-state index in [0.29, 0.717) is 18.0 Å². The first kappa shape index (κ1) is 16.5. The molecule has 1 aliphatic rings. The topological polar surface area (TPSA) is 54.3 Å². The van der Waals surface area contributed by atoms with Crippen molar-refractivity contribution in [3.05, 3.63) is 18.0 Å². The molecule has 2 rings (SSSR count). The number of rotatable bonds is 6. The molecule has 0 radical (unpaired) electrons. The Morgan fingerprint density at radius 2 is 2.00 bits per heavy atom. The summed E-state index contributed by atoms with van der Waals surface area (Å²) in [5, 5.41) is 3.07. The van der Waals surface area contributed by atoms with Gasteiger partial charge in [-0.15, -0.1) is 0 Å². The molecule has 1 aromatic rings. The van der Waals surface area contributed by atoms with Gasteiger partial charge in [0.25, 0.3) is 0 Å². The molecule has 5 nitrogen and oxygen atoms in total. The summed E-state index contributed by atoms with van der Waals surface area (Å²) in [5.41, 5.74) is 0.982. The first-order chi connectivity index (χ1) is 10.0. The predicted octanol–water partition coefficient (Wildman–Crippen LogP) is 2.09. The molecule has 21 heavy (non-hydrogen) atoms. The van der Waals surface area contributed by atoms with Crippen molar-refractivity contribution in [2.45, 2.75) is 56.5 Å². The highest BCUT2D eigenvalue weighted by Crippen LogP contribution is 2.28. The summed E-state index contributed by atoms with van der Waals surface area (Å²) in [6.07, 6.45) is 7.21. The van der Waals surface area contributed by atoms with Crippen molar-refractivity contribution in [1.29, 1.82) is 0 Å². The highest BCUT2D eigenvalue weighted by atomic mass is 32.2. The van der Waals surface area contributed by atoms with Crippen molar-refractivity contribution in [2.75, 3.05) is 13.6 Å². The molecule has 0 saturated heterocycles. The Bertz CT molecular complexity index is 559. The first-order valence-corrected chi connectivity index (χ1v) is 9.26. The average molecular weight is 313 g/mol. The van der Waals surface area contributed by atoms with Crippen LogP contribution in [0.2, 0.25) is 0 Å². The molecule has 0 aromatic carbocycles. The fourth-order valence-electron chi connectivity index (χ4n) is 3.20. The summed E-state index contributed by atoms with van der Waals surface area (Å²) in [6.45, 7) is 3.15. The van der Waals surface area contributed by atoms with Crippen LogP contribution in [-0.2, 0) is 23.6 Å². The largest absolute Gasteiger partial charge is 0.352 e. The van der Waals surface area contributed by atoms with E-state index >= 15 is 0 Å². The van der Waals surface area contributed by atoms with E-state index < -0.39 is 10.0 Å². The summed E-state index contributed by atoms with van der Waals surface area (Å²) < 4.78 is 29.4. The molecule has 1 N–H and O–H groups in total. The van der Waals surface area contributed by atoms with Crippen LogP contribution in [0.4, 0.5) is 0 Å². The van der Waals surface area contributed by atoms with E-state index in [1.807, 2.05) is 25.6 Å².